The summed E-state index contributed by atoms with van der Waals surface area (Å²) in [4.78, 5) is 0. The maximum absolute atomic E-state index is 5.52. The van der Waals surface area contributed by atoms with Crippen LogP contribution in [0.5, 0.6) is 0 Å². The lowest BCUT2D eigenvalue weighted by molar-refractivity contribution is -0.0607. The Morgan fingerprint density at radius 3 is 2.81 bits per heavy atom. The Labute approximate surface area is 95.2 Å². The monoisotopic (exact) mass is 220 g/mol. The third kappa shape index (κ3) is 2.15. The summed E-state index contributed by atoms with van der Waals surface area (Å²) in [5, 5.41) is 7.77. The number of nitrogens with zero attached hydrogens (tertiary/aromatic N) is 3. The number of para-hydroxylation sites is 1. The van der Waals surface area contributed by atoms with Gasteiger partial charge in [0, 0.05) is 6.61 Å². The fourth-order valence-electron chi connectivity index (χ4n) is 1.58. The van der Waals surface area contributed by atoms with Gasteiger partial charge in [-0.2, -0.15) is 5.10 Å². The molecule has 1 aromatic rings. The molecule has 2 rings (SSSR count). The van der Waals surface area contributed by atoms with Crippen molar-refractivity contribution in [2.75, 3.05) is 11.6 Å². The van der Waals surface area contributed by atoms with E-state index in [1.807, 2.05) is 54.3 Å². The van der Waals surface area contributed by atoms with Gasteiger partial charge in [0.05, 0.1) is 5.69 Å². The molecule has 0 radical (unpaired) electrons. The van der Waals surface area contributed by atoms with Crippen LogP contribution in [0.1, 0.15) is 13.8 Å². The minimum absolute atomic E-state index is 0.0762. The molecule has 16 heavy (non-hydrogen) atoms. The number of ether oxygens (including phenoxy) is 1. The summed E-state index contributed by atoms with van der Waals surface area (Å²) in [6.45, 7) is 4.61. The molecule has 0 bridgehead atoms. The Balaban J connectivity index is 2.11. The highest BCUT2D eigenvalue weighted by atomic mass is 16.5. The molecule has 1 aromatic carbocycles. The van der Waals surface area contributed by atoms with Gasteiger partial charge in [-0.05, 0) is 26.0 Å². The van der Waals surface area contributed by atoms with Crippen molar-refractivity contribution in [2.24, 2.45) is 5.10 Å². The summed E-state index contributed by atoms with van der Waals surface area (Å²) in [6, 6.07) is 10.0. The quantitative estimate of drug-likeness (QED) is 0.835. The zero-order valence-electron chi connectivity index (χ0n) is 9.50. The first-order chi connectivity index (χ1) is 7.83. The minimum atomic E-state index is -0.0762. The molecule has 0 fully saturated rings. The normalized spacial score (nSPS) is 17.5. The van der Waals surface area contributed by atoms with Crippen LogP contribution in [0.2, 0.25) is 0 Å². The molecule has 1 heterocycles. The summed E-state index contributed by atoms with van der Waals surface area (Å²) in [7, 11) is 0. The van der Waals surface area contributed by atoms with Crippen LogP contribution in [-0.2, 0) is 4.74 Å². The lowest BCUT2D eigenvalue weighted by atomic mass is 10.3. The Bertz CT molecular complexity index is 354. The van der Waals surface area contributed by atoms with E-state index in [1.54, 1.807) is 6.34 Å². The Hall–Kier alpha value is -1.59. The van der Waals surface area contributed by atoms with Gasteiger partial charge in [0.2, 0.25) is 0 Å². The van der Waals surface area contributed by atoms with Gasteiger partial charge in [-0.25, -0.2) is 10.5 Å². The van der Waals surface area contributed by atoms with Crippen LogP contribution in [0.4, 0.5) is 5.69 Å². The van der Waals surface area contributed by atoms with Gasteiger partial charge >= 0.3 is 0 Å². The number of rotatable bonds is 4. The standard InChI is InChI=1S/C11H16N4O/c1-3-16-10(2)15-13-12-9-14(15)11-7-5-4-6-8-11/h4-10,13H,3H2,1-2H3. The zero-order chi connectivity index (χ0) is 11.4. The van der Waals surface area contributed by atoms with Crippen molar-refractivity contribution < 1.29 is 4.74 Å². The van der Waals surface area contributed by atoms with Gasteiger partial charge in [-0.15, -0.1) is 0 Å². The summed E-state index contributed by atoms with van der Waals surface area (Å²) in [5.41, 5.74) is 3.94. The number of benzene rings is 1. The van der Waals surface area contributed by atoms with Gasteiger partial charge < -0.3 is 4.74 Å². The minimum Gasteiger partial charge on any atom is -0.360 e. The molecule has 0 saturated heterocycles. The molecule has 1 atom stereocenters. The second-order valence-electron chi connectivity index (χ2n) is 3.42. The zero-order valence-corrected chi connectivity index (χ0v) is 9.50. The molecular formula is C11H16N4O. The van der Waals surface area contributed by atoms with Gasteiger partial charge in [0.25, 0.3) is 0 Å². The molecule has 0 amide bonds. The number of hydrogen-bond donors (Lipinski definition) is 1. The topological polar surface area (TPSA) is 40.1 Å². The van der Waals surface area contributed by atoms with Crippen molar-refractivity contribution in [3.63, 3.8) is 0 Å². The molecule has 0 saturated carbocycles. The number of hydrazone groups is 1. The number of hydrogen-bond acceptors (Lipinski definition) is 5. The van der Waals surface area contributed by atoms with Crippen LogP contribution in [0.3, 0.4) is 0 Å². The molecule has 1 aliphatic rings. The number of anilines is 1. The van der Waals surface area contributed by atoms with E-state index in [0.29, 0.717) is 6.61 Å². The smallest absolute Gasteiger partial charge is 0.146 e. The molecule has 0 aromatic heterocycles. The van der Waals surface area contributed by atoms with E-state index in [-0.39, 0.29) is 6.23 Å². The maximum Gasteiger partial charge on any atom is 0.146 e. The molecule has 1 unspecified atom stereocenters. The molecule has 5 heteroatoms. The third-order valence-electron chi connectivity index (χ3n) is 2.33. The second kappa shape index (κ2) is 4.96. The average molecular weight is 220 g/mol. The molecule has 0 aliphatic carbocycles. The van der Waals surface area contributed by atoms with Crippen molar-refractivity contribution in [1.82, 2.24) is 10.7 Å². The van der Waals surface area contributed by atoms with E-state index < -0.39 is 0 Å². The average Bonchev–Trinajstić information content (AvgIpc) is 2.79. The van der Waals surface area contributed by atoms with E-state index in [1.165, 1.54) is 0 Å². The second-order valence-corrected chi connectivity index (χ2v) is 3.42. The summed E-state index contributed by atoms with van der Waals surface area (Å²) in [6.07, 6.45) is 1.65. The fourth-order valence-corrected chi connectivity index (χ4v) is 1.58. The lowest BCUT2D eigenvalue weighted by Crippen LogP contribution is -2.49. The van der Waals surface area contributed by atoms with E-state index in [9.17, 15) is 0 Å². The maximum atomic E-state index is 5.52. The van der Waals surface area contributed by atoms with E-state index in [0.717, 1.165) is 5.69 Å². The van der Waals surface area contributed by atoms with Crippen molar-refractivity contribution in [3.05, 3.63) is 30.3 Å². The highest BCUT2D eigenvalue weighted by Gasteiger charge is 2.24. The Morgan fingerprint density at radius 2 is 2.12 bits per heavy atom. The lowest BCUT2D eigenvalue weighted by Gasteiger charge is -2.30. The predicted molar refractivity (Wildman–Crippen MR) is 63.5 cm³/mol. The highest BCUT2D eigenvalue weighted by molar-refractivity contribution is 5.78. The number of hydrazine groups is 2. The van der Waals surface area contributed by atoms with Crippen LogP contribution >= 0.6 is 0 Å². The van der Waals surface area contributed by atoms with Crippen LogP contribution in [0, 0.1) is 0 Å². The van der Waals surface area contributed by atoms with Crippen molar-refractivity contribution in [2.45, 2.75) is 20.1 Å². The first-order valence-electron chi connectivity index (χ1n) is 5.36. The van der Waals surface area contributed by atoms with Gasteiger partial charge in [-0.3, -0.25) is 0 Å². The van der Waals surface area contributed by atoms with E-state index in [4.69, 9.17) is 4.74 Å². The van der Waals surface area contributed by atoms with Crippen molar-refractivity contribution in [1.29, 1.82) is 0 Å². The molecular weight excluding hydrogens is 204 g/mol. The van der Waals surface area contributed by atoms with E-state index >= 15 is 0 Å². The molecule has 1 aliphatic heterocycles. The fraction of sp³-hybridized carbons (Fsp3) is 0.364. The Kier molecular flexibility index (Phi) is 3.38. The molecule has 1 N–H and O–H groups in total. The summed E-state index contributed by atoms with van der Waals surface area (Å²) < 4.78 is 5.52. The van der Waals surface area contributed by atoms with Gasteiger partial charge in [0.15, 0.2) is 0 Å². The molecule has 0 spiro atoms. The van der Waals surface area contributed by atoms with Crippen LogP contribution in [-0.4, -0.2) is 24.3 Å². The largest absolute Gasteiger partial charge is 0.360 e. The van der Waals surface area contributed by atoms with E-state index in [2.05, 4.69) is 10.6 Å². The van der Waals surface area contributed by atoms with Gasteiger partial charge in [-0.1, -0.05) is 23.3 Å². The van der Waals surface area contributed by atoms with Crippen LogP contribution in [0.25, 0.3) is 0 Å². The SMILES string of the molecule is CCOC(C)N1NN=CN1c1ccccc1. The number of nitrogens with one attached hydrogen (secondary N) is 1. The van der Waals surface area contributed by atoms with Crippen LogP contribution < -0.4 is 10.5 Å². The first-order valence-corrected chi connectivity index (χ1v) is 5.36. The Morgan fingerprint density at radius 1 is 1.38 bits per heavy atom. The van der Waals surface area contributed by atoms with Gasteiger partial charge in [0.1, 0.15) is 12.6 Å². The molecule has 86 valence electrons. The highest BCUT2D eigenvalue weighted by Crippen LogP contribution is 2.17. The summed E-state index contributed by atoms with van der Waals surface area (Å²) in [5.74, 6) is 0. The van der Waals surface area contributed by atoms with Crippen molar-refractivity contribution in [3.8, 4) is 0 Å². The summed E-state index contributed by atoms with van der Waals surface area (Å²) >= 11 is 0. The predicted octanol–water partition coefficient (Wildman–Crippen LogP) is 1.55. The third-order valence-corrected chi connectivity index (χ3v) is 2.33. The van der Waals surface area contributed by atoms with Crippen molar-refractivity contribution >= 4 is 12.0 Å². The first kappa shape index (κ1) is 10.9. The van der Waals surface area contributed by atoms with Crippen LogP contribution in [0.15, 0.2) is 35.4 Å². The molecule has 5 nitrogen and oxygen atoms in total.